The van der Waals surface area contributed by atoms with Gasteiger partial charge in [0.1, 0.15) is 11.5 Å². The van der Waals surface area contributed by atoms with Crippen molar-refractivity contribution in [3.05, 3.63) is 59.0 Å². The number of fused-ring (bicyclic) bond motifs is 1. The van der Waals surface area contributed by atoms with Crippen LogP contribution in [0.3, 0.4) is 0 Å². The molecule has 0 aliphatic rings. The molecule has 0 spiro atoms. The Kier molecular flexibility index (Phi) is 3.53. The quantitative estimate of drug-likeness (QED) is 0.749. The molecule has 0 saturated carbocycles. The van der Waals surface area contributed by atoms with E-state index in [-0.39, 0.29) is 17.4 Å². The van der Waals surface area contributed by atoms with Gasteiger partial charge in [-0.2, -0.15) is 0 Å². The monoisotopic (exact) mass is 342 g/mol. The number of carbonyl (C=O) groups is 1. The normalized spacial score (nSPS) is 10.5. The van der Waals surface area contributed by atoms with E-state index in [2.05, 4.69) is 31.2 Å². The van der Waals surface area contributed by atoms with Crippen molar-refractivity contribution in [3.8, 4) is 0 Å². The molecule has 0 atom stereocenters. The van der Waals surface area contributed by atoms with Crippen LogP contribution >= 0.6 is 15.9 Å². The molecule has 5 nitrogen and oxygen atoms in total. The molecular weight excluding hydrogens is 332 g/mol. The van der Waals surface area contributed by atoms with Gasteiger partial charge in [0.2, 0.25) is 0 Å². The lowest BCUT2D eigenvalue weighted by molar-refractivity contribution is 0.102. The standard InChI is InChI=1S/C15H11BrN4O/c16-11-5-6-12(10-4-2-1-3-9(10)11)20-15(21)13-7-18-8-14(17)19-13/h1-8H,(H2,17,19)(H,20,21). The minimum Gasteiger partial charge on any atom is -0.382 e. The molecule has 21 heavy (non-hydrogen) atoms. The van der Waals surface area contributed by atoms with Crippen LogP contribution in [0.2, 0.25) is 0 Å². The van der Waals surface area contributed by atoms with Gasteiger partial charge >= 0.3 is 0 Å². The molecule has 3 N–H and O–H groups in total. The maximum absolute atomic E-state index is 12.2. The van der Waals surface area contributed by atoms with Crippen LogP contribution in [0.25, 0.3) is 10.8 Å². The van der Waals surface area contributed by atoms with Crippen LogP contribution in [0.5, 0.6) is 0 Å². The number of nitrogens with zero attached hydrogens (tertiary/aromatic N) is 2. The molecule has 3 rings (SSSR count). The predicted octanol–water partition coefficient (Wildman–Crippen LogP) is 3.23. The van der Waals surface area contributed by atoms with Crippen molar-refractivity contribution in [3.63, 3.8) is 0 Å². The number of hydrogen-bond donors (Lipinski definition) is 2. The minimum absolute atomic E-state index is 0.182. The number of halogens is 1. The highest BCUT2D eigenvalue weighted by atomic mass is 79.9. The predicted molar refractivity (Wildman–Crippen MR) is 86.0 cm³/mol. The number of aromatic nitrogens is 2. The first-order chi connectivity index (χ1) is 10.1. The fourth-order valence-corrected chi connectivity index (χ4v) is 2.53. The van der Waals surface area contributed by atoms with Gasteiger partial charge in [0.25, 0.3) is 5.91 Å². The highest BCUT2D eigenvalue weighted by molar-refractivity contribution is 9.10. The second kappa shape index (κ2) is 5.49. The Hall–Kier alpha value is -2.47. The topological polar surface area (TPSA) is 80.9 Å². The summed E-state index contributed by atoms with van der Waals surface area (Å²) in [7, 11) is 0. The van der Waals surface area contributed by atoms with Gasteiger partial charge in [-0.15, -0.1) is 0 Å². The van der Waals surface area contributed by atoms with E-state index in [0.29, 0.717) is 5.69 Å². The summed E-state index contributed by atoms with van der Waals surface area (Å²) in [5.41, 5.74) is 6.43. The van der Waals surface area contributed by atoms with E-state index in [1.165, 1.54) is 12.4 Å². The molecule has 0 aliphatic carbocycles. The Morgan fingerprint density at radius 2 is 1.86 bits per heavy atom. The summed E-state index contributed by atoms with van der Waals surface area (Å²) >= 11 is 3.50. The fourth-order valence-electron chi connectivity index (χ4n) is 2.05. The summed E-state index contributed by atoms with van der Waals surface area (Å²) in [6.07, 6.45) is 2.78. The van der Waals surface area contributed by atoms with Gasteiger partial charge in [0.15, 0.2) is 0 Å². The summed E-state index contributed by atoms with van der Waals surface area (Å²) in [4.78, 5) is 20.0. The number of carbonyl (C=O) groups excluding carboxylic acids is 1. The lowest BCUT2D eigenvalue weighted by Gasteiger charge is -2.09. The molecule has 1 heterocycles. The maximum atomic E-state index is 12.2. The molecule has 2 aromatic carbocycles. The molecule has 0 radical (unpaired) electrons. The van der Waals surface area contributed by atoms with E-state index in [9.17, 15) is 4.79 Å². The van der Waals surface area contributed by atoms with Crippen molar-refractivity contribution in [2.24, 2.45) is 0 Å². The first-order valence-electron chi connectivity index (χ1n) is 6.21. The SMILES string of the molecule is Nc1cncc(C(=O)Nc2ccc(Br)c3ccccc23)n1. The smallest absolute Gasteiger partial charge is 0.275 e. The molecule has 104 valence electrons. The minimum atomic E-state index is -0.345. The average molecular weight is 343 g/mol. The highest BCUT2D eigenvalue weighted by Crippen LogP contribution is 2.30. The van der Waals surface area contributed by atoms with Crippen LogP contribution in [-0.4, -0.2) is 15.9 Å². The van der Waals surface area contributed by atoms with Crippen molar-refractivity contribution in [1.29, 1.82) is 0 Å². The number of nitrogens with two attached hydrogens (primary N) is 1. The number of nitrogens with one attached hydrogen (secondary N) is 1. The number of rotatable bonds is 2. The third-order valence-corrected chi connectivity index (χ3v) is 3.70. The van der Waals surface area contributed by atoms with Crippen molar-refractivity contribution >= 4 is 44.1 Å². The first-order valence-corrected chi connectivity index (χ1v) is 7.00. The third-order valence-electron chi connectivity index (χ3n) is 3.00. The Morgan fingerprint density at radius 1 is 1.10 bits per heavy atom. The molecule has 3 aromatic rings. The van der Waals surface area contributed by atoms with Gasteiger partial charge in [-0.05, 0) is 17.5 Å². The largest absolute Gasteiger partial charge is 0.382 e. The Balaban J connectivity index is 1.99. The average Bonchev–Trinajstić information content (AvgIpc) is 2.50. The van der Waals surface area contributed by atoms with Gasteiger partial charge in [-0.3, -0.25) is 9.78 Å². The Morgan fingerprint density at radius 3 is 2.62 bits per heavy atom. The van der Waals surface area contributed by atoms with Crippen LogP contribution < -0.4 is 11.1 Å². The van der Waals surface area contributed by atoms with Crippen molar-refractivity contribution in [1.82, 2.24) is 9.97 Å². The number of anilines is 2. The molecule has 0 fully saturated rings. The number of nitrogen functional groups attached to an aromatic ring is 1. The van der Waals surface area contributed by atoms with E-state index >= 15 is 0 Å². The maximum Gasteiger partial charge on any atom is 0.275 e. The molecular formula is C15H11BrN4O. The summed E-state index contributed by atoms with van der Waals surface area (Å²) < 4.78 is 0.972. The molecule has 0 bridgehead atoms. The first kappa shape index (κ1) is 13.5. The number of amides is 1. The van der Waals surface area contributed by atoms with Crippen molar-refractivity contribution < 1.29 is 4.79 Å². The highest BCUT2D eigenvalue weighted by Gasteiger charge is 2.11. The molecule has 0 saturated heterocycles. The lowest BCUT2D eigenvalue weighted by atomic mass is 10.1. The van der Waals surface area contributed by atoms with Crippen LogP contribution in [0, 0.1) is 0 Å². The summed E-state index contributed by atoms with van der Waals surface area (Å²) in [5, 5.41) is 4.80. The second-order valence-corrected chi connectivity index (χ2v) is 5.28. The van der Waals surface area contributed by atoms with Crippen LogP contribution in [-0.2, 0) is 0 Å². The third kappa shape index (κ3) is 2.71. The van der Waals surface area contributed by atoms with Crippen molar-refractivity contribution in [2.45, 2.75) is 0 Å². The molecule has 6 heteroatoms. The van der Waals surface area contributed by atoms with E-state index in [1.807, 2.05) is 36.4 Å². The van der Waals surface area contributed by atoms with E-state index in [4.69, 9.17) is 5.73 Å². The van der Waals surface area contributed by atoms with E-state index < -0.39 is 0 Å². The van der Waals surface area contributed by atoms with Gasteiger partial charge in [-0.25, -0.2) is 4.98 Å². The zero-order valence-electron chi connectivity index (χ0n) is 10.9. The van der Waals surface area contributed by atoms with Crippen LogP contribution in [0.1, 0.15) is 10.5 Å². The fraction of sp³-hybridized carbons (Fsp3) is 0. The number of benzene rings is 2. The zero-order valence-corrected chi connectivity index (χ0v) is 12.5. The lowest BCUT2D eigenvalue weighted by Crippen LogP contribution is -2.15. The molecule has 1 amide bonds. The van der Waals surface area contributed by atoms with Gasteiger partial charge in [-0.1, -0.05) is 40.2 Å². The summed E-state index contributed by atoms with van der Waals surface area (Å²) in [6, 6.07) is 11.5. The van der Waals surface area contributed by atoms with E-state index in [0.717, 1.165) is 15.2 Å². The Labute approximate surface area is 129 Å². The second-order valence-electron chi connectivity index (χ2n) is 4.42. The van der Waals surface area contributed by atoms with Gasteiger partial charge in [0, 0.05) is 15.5 Å². The van der Waals surface area contributed by atoms with E-state index in [1.54, 1.807) is 0 Å². The van der Waals surface area contributed by atoms with Gasteiger partial charge < -0.3 is 11.1 Å². The van der Waals surface area contributed by atoms with Crippen LogP contribution in [0.4, 0.5) is 11.5 Å². The Bertz CT molecular complexity index is 835. The number of hydrogen-bond acceptors (Lipinski definition) is 4. The summed E-state index contributed by atoms with van der Waals surface area (Å²) in [5.74, 6) is -0.134. The molecule has 0 aliphatic heterocycles. The molecule has 1 aromatic heterocycles. The van der Waals surface area contributed by atoms with Crippen molar-refractivity contribution in [2.75, 3.05) is 11.1 Å². The zero-order chi connectivity index (χ0) is 14.8. The van der Waals surface area contributed by atoms with Gasteiger partial charge in [0.05, 0.1) is 12.4 Å². The van der Waals surface area contributed by atoms with Crippen LogP contribution in [0.15, 0.2) is 53.3 Å². The molecule has 0 unspecified atom stereocenters. The summed E-state index contributed by atoms with van der Waals surface area (Å²) in [6.45, 7) is 0.